The second kappa shape index (κ2) is 10.5. The van der Waals surface area contributed by atoms with E-state index in [1.54, 1.807) is 12.1 Å². The maximum Gasteiger partial charge on any atom is 0.123 e. The molecule has 0 unspecified atom stereocenters. The van der Waals surface area contributed by atoms with Crippen molar-refractivity contribution in [3.63, 3.8) is 0 Å². The zero-order chi connectivity index (χ0) is 18.7. The lowest BCUT2D eigenvalue weighted by atomic mass is 10.1. The van der Waals surface area contributed by atoms with Gasteiger partial charge in [0.05, 0.1) is 12.1 Å². The molecule has 0 fully saturated rings. The number of nitrogens with one attached hydrogen (secondary N) is 1. The van der Waals surface area contributed by atoms with Crippen molar-refractivity contribution in [2.24, 2.45) is 0 Å². The molecule has 1 aromatic heterocycles. The normalized spacial score (nSPS) is 10.9. The van der Waals surface area contributed by atoms with Gasteiger partial charge in [0.1, 0.15) is 11.6 Å². The van der Waals surface area contributed by atoms with E-state index in [2.05, 4.69) is 22.4 Å². The first kappa shape index (κ1) is 19.2. The number of nitrogens with zero attached hydrogens (tertiary/aromatic N) is 1. The minimum absolute atomic E-state index is 0.228. The molecule has 0 saturated heterocycles. The monoisotopic (exact) mass is 366 g/mol. The molecule has 4 heteroatoms. The van der Waals surface area contributed by atoms with Gasteiger partial charge in [-0.1, -0.05) is 43.9 Å². The number of pyridine rings is 1. The highest BCUT2D eigenvalue weighted by Gasteiger charge is 2.00. The number of hydrogen-bond donors (Lipinski definition) is 1. The van der Waals surface area contributed by atoms with E-state index in [1.165, 1.54) is 55.3 Å². The lowest BCUT2D eigenvalue weighted by molar-refractivity contribution is 0.304. The van der Waals surface area contributed by atoms with Gasteiger partial charge in [0.15, 0.2) is 0 Å². The van der Waals surface area contributed by atoms with Crippen LogP contribution in [0.1, 0.15) is 38.5 Å². The number of para-hydroxylation sites is 1. The predicted molar refractivity (Wildman–Crippen MR) is 110 cm³/mol. The van der Waals surface area contributed by atoms with Gasteiger partial charge in [-0.05, 0) is 49.2 Å². The molecule has 1 N–H and O–H groups in total. The lowest BCUT2D eigenvalue weighted by Crippen LogP contribution is -2.02. The number of anilines is 1. The number of ether oxygens (including phenoxy) is 1. The Balaban J connectivity index is 1.22. The van der Waals surface area contributed by atoms with Crippen molar-refractivity contribution in [3.05, 3.63) is 66.6 Å². The summed E-state index contributed by atoms with van der Waals surface area (Å²) >= 11 is 0. The first-order valence-electron chi connectivity index (χ1n) is 9.79. The molecule has 0 bridgehead atoms. The Bertz CT molecular complexity index is 815. The van der Waals surface area contributed by atoms with E-state index in [4.69, 9.17) is 4.74 Å². The van der Waals surface area contributed by atoms with Crippen molar-refractivity contribution < 1.29 is 9.13 Å². The highest BCUT2D eigenvalue weighted by Crippen LogP contribution is 2.21. The van der Waals surface area contributed by atoms with Gasteiger partial charge in [-0.25, -0.2) is 4.39 Å². The number of benzene rings is 2. The Morgan fingerprint density at radius 1 is 0.815 bits per heavy atom. The van der Waals surface area contributed by atoms with Crippen molar-refractivity contribution in [1.82, 2.24) is 4.98 Å². The van der Waals surface area contributed by atoms with Gasteiger partial charge in [0.25, 0.3) is 0 Å². The summed E-state index contributed by atoms with van der Waals surface area (Å²) in [6.07, 6.45) is 8.94. The standard InChI is InChI=1S/C23H27FN2O/c24-19-11-13-20(14-12-19)27-18-8-4-2-1-3-7-16-25-23-15-17-26-22-10-6-5-9-21(22)23/h5-6,9-15,17H,1-4,7-8,16,18H2,(H,25,26). The summed E-state index contributed by atoms with van der Waals surface area (Å²) in [7, 11) is 0. The summed E-state index contributed by atoms with van der Waals surface area (Å²) in [4.78, 5) is 4.39. The highest BCUT2D eigenvalue weighted by molar-refractivity contribution is 5.90. The van der Waals surface area contributed by atoms with Crippen LogP contribution in [0.2, 0.25) is 0 Å². The maximum absolute atomic E-state index is 12.8. The number of aromatic nitrogens is 1. The molecule has 2 aromatic carbocycles. The summed E-state index contributed by atoms with van der Waals surface area (Å²) in [5.41, 5.74) is 2.20. The Labute approximate surface area is 160 Å². The van der Waals surface area contributed by atoms with E-state index in [-0.39, 0.29) is 5.82 Å². The Hall–Kier alpha value is -2.62. The van der Waals surface area contributed by atoms with Crippen molar-refractivity contribution in [2.75, 3.05) is 18.5 Å². The molecule has 0 aliphatic carbocycles. The van der Waals surface area contributed by atoms with Crippen LogP contribution in [0.25, 0.3) is 10.9 Å². The third-order valence-electron chi connectivity index (χ3n) is 4.62. The summed E-state index contributed by atoms with van der Waals surface area (Å²) in [5.74, 6) is 0.514. The van der Waals surface area contributed by atoms with Gasteiger partial charge < -0.3 is 10.1 Å². The summed E-state index contributed by atoms with van der Waals surface area (Å²) in [6, 6.07) is 16.5. The van der Waals surface area contributed by atoms with Gasteiger partial charge >= 0.3 is 0 Å². The fourth-order valence-corrected chi connectivity index (χ4v) is 3.13. The molecule has 0 atom stereocenters. The van der Waals surface area contributed by atoms with Crippen LogP contribution < -0.4 is 10.1 Å². The predicted octanol–water partition coefficient (Wildman–Crippen LogP) is 6.21. The van der Waals surface area contributed by atoms with Crippen LogP contribution in [0.5, 0.6) is 5.75 Å². The van der Waals surface area contributed by atoms with Gasteiger partial charge in [-0.15, -0.1) is 0 Å². The average Bonchev–Trinajstić information content (AvgIpc) is 2.71. The van der Waals surface area contributed by atoms with Crippen molar-refractivity contribution >= 4 is 16.6 Å². The second-order valence-electron chi connectivity index (χ2n) is 6.73. The number of hydrogen-bond acceptors (Lipinski definition) is 3. The van der Waals surface area contributed by atoms with Crippen molar-refractivity contribution in [3.8, 4) is 5.75 Å². The second-order valence-corrected chi connectivity index (χ2v) is 6.73. The molecule has 0 saturated carbocycles. The zero-order valence-corrected chi connectivity index (χ0v) is 15.7. The van der Waals surface area contributed by atoms with Crippen LogP contribution >= 0.6 is 0 Å². The fraction of sp³-hybridized carbons (Fsp3) is 0.348. The smallest absolute Gasteiger partial charge is 0.123 e. The molecule has 3 nitrogen and oxygen atoms in total. The third-order valence-corrected chi connectivity index (χ3v) is 4.62. The third kappa shape index (κ3) is 6.24. The largest absolute Gasteiger partial charge is 0.494 e. The van der Waals surface area contributed by atoms with Crippen molar-refractivity contribution in [2.45, 2.75) is 38.5 Å². The number of fused-ring (bicyclic) bond motifs is 1. The number of halogens is 1. The van der Waals surface area contributed by atoms with E-state index < -0.39 is 0 Å². The Kier molecular flexibility index (Phi) is 7.45. The van der Waals surface area contributed by atoms with E-state index in [9.17, 15) is 4.39 Å². The van der Waals surface area contributed by atoms with E-state index in [1.807, 2.05) is 24.4 Å². The molecule has 0 radical (unpaired) electrons. The first-order valence-corrected chi connectivity index (χ1v) is 9.79. The van der Waals surface area contributed by atoms with Gasteiger partial charge in [0.2, 0.25) is 0 Å². The first-order chi connectivity index (χ1) is 13.3. The van der Waals surface area contributed by atoms with Crippen LogP contribution in [0.15, 0.2) is 60.8 Å². The fourth-order valence-electron chi connectivity index (χ4n) is 3.13. The van der Waals surface area contributed by atoms with Crippen LogP contribution in [-0.2, 0) is 0 Å². The minimum atomic E-state index is -0.228. The molecular formula is C23H27FN2O. The average molecular weight is 366 g/mol. The summed E-state index contributed by atoms with van der Waals surface area (Å²) < 4.78 is 18.4. The quantitative estimate of drug-likeness (QED) is 0.410. The molecule has 0 aliphatic heterocycles. The molecule has 0 spiro atoms. The molecule has 27 heavy (non-hydrogen) atoms. The molecule has 0 aliphatic rings. The molecule has 1 heterocycles. The van der Waals surface area contributed by atoms with Crippen LogP contribution in [0.3, 0.4) is 0 Å². The van der Waals surface area contributed by atoms with Gasteiger partial charge in [-0.3, -0.25) is 4.98 Å². The molecule has 0 amide bonds. The Morgan fingerprint density at radius 3 is 2.41 bits per heavy atom. The number of rotatable bonds is 11. The van der Waals surface area contributed by atoms with E-state index in [0.717, 1.165) is 24.2 Å². The maximum atomic E-state index is 12.8. The molecular weight excluding hydrogens is 339 g/mol. The van der Waals surface area contributed by atoms with E-state index in [0.29, 0.717) is 6.61 Å². The minimum Gasteiger partial charge on any atom is -0.494 e. The summed E-state index contributed by atoms with van der Waals surface area (Å²) in [5, 5.41) is 4.72. The molecule has 3 aromatic rings. The molecule has 3 rings (SSSR count). The van der Waals surface area contributed by atoms with Gasteiger partial charge in [-0.2, -0.15) is 0 Å². The van der Waals surface area contributed by atoms with E-state index >= 15 is 0 Å². The molecule has 142 valence electrons. The lowest BCUT2D eigenvalue weighted by Gasteiger charge is -2.09. The zero-order valence-electron chi connectivity index (χ0n) is 15.7. The number of unbranched alkanes of at least 4 members (excludes halogenated alkanes) is 5. The van der Waals surface area contributed by atoms with Gasteiger partial charge in [0, 0.05) is 23.8 Å². The summed E-state index contributed by atoms with van der Waals surface area (Å²) in [6.45, 7) is 1.68. The topological polar surface area (TPSA) is 34.1 Å². The van der Waals surface area contributed by atoms with Crippen molar-refractivity contribution in [1.29, 1.82) is 0 Å². The highest BCUT2D eigenvalue weighted by atomic mass is 19.1. The van der Waals surface area contributed by atoms with Crippen LogP contribution in [0.4, 0.5) is 10.1 Å². The van der Waals surface area contributed by atoms with Crippen LogP contribution in [-0.4, -0.2) is 18.1 Å². The van der Waals surface area contributed by atoms with Crippen LogP contribution in [0, 0.1) is 5.82 Å². The SMILES string of the molecule is Fc1ccc(OCCCCCCCCNc2ccnc3ccccc23)cc1. The Morgan fingerprint density at radius 2 is 1.56 bits per heavy atom.